The van der Waals surface area contributed by atoms with E-state index in [1.165, 1.54) is 0 Å². The number of aromatic nitrogens is 2. The first kappa shape index (κ1) is 19.0. The summed E-state index contributed by atoms with van der Waals surface area (Å²) in [4.78, 5) is 28.2. The number of azide groups is 1. The Bertz CT molecular complexity index is 770. The van der Waals surface area contributed by atoms with Crippen LogP contribution in [0.5, 0.6) is 0 Å². The zero-order chi connectivity index (χ0) is 18.6. The first-order valence-electron chi connectivity index (χ1n) is 7.04. The van der Waals surface area contributed by atoms with E-state index in [-0.39, 0.29) is 12.0 Å². The van der Waals surface area contributed by atoms with Crippen LogP contribution in [0.2, 0.25) is 0 Å². The second kappa shape index (κ2) is 7.70. The van der Waals surface area contributed by atoms with Gasteiger partial charge in [0.25, 0.3) is 5.56 Å². The zero-order valence-electron chi connectivity index (χ0n) is 12.6. The molecule has 10 nitrogen and oxygen atoms in total. The van der Waals surface area contributed by atoms with Crippen molar-refractivity contribution in [2.75, 3.05) is 13.2 Å². The summed E-state index contributed by atoms with van der Waals surface area (Å²) in [6.45, 7) is -2.66. The summed E-state index contributed by atoms with van der Waals surface area (Å²) < 4.78 is 47.1. The number of alkyl halides is 3. The van der Waals surface area contributed by atoms with E-state index >= 15 is 0 Å². The van der Waals surface area contributed by atoms with Crippen LogP contribution in [0.1, 0.15) is 18.2 Å². The molecule has 0 saturated carbocycles. The normalized spacial score (nSPS) is 23.4. The van der Waals surface area contributed by atoms with Crippen molar-refractivity contribution >= 4 is 0 Å². The molecular weight excluding hydrogens is 351 g/mol. The molecule has 13 heteroatoms. The highest BCUT2D eigenvalue weighted by molar-refractivity contribution is 5.04. The van der Waals surface area contributed by atoms with Crippen LogP contribution in [0, 0.1) is 0 Å². The summed E-state index contributed by atoms with van der Waals surface area (Å²) >= 11 is 0. The third kappa shape index (κ3) is 4.82. The Morgan fingerprint density at radius 2 is 2.24 bits per heavy atom. The predicted molar refractivity (Wildman–Crippen MR) is 75.6 cm³/mol. The van der Waals surface area contributed by atoms with E-state index in [4.69, 9.17) is 10.3 Å². The number of rotatable bonds is 6. The molecule has 1 aliphatic heterocycles. The van der Waals surface area contributed by atoms with Crippen molar-refractivity contribution < 1.29 is 27.8 Å². The van der Waals surface area contributed by atoms with E-state index in [2.05, 4.69) is 14.8 Å². The van der Waals surface area contributed by atoms with E-state index in [1.807, 2.05) is 4.98 Å². The van der Waals surface area contributed by atoms with Crippen LogP contribution in [0.3, 0.4) is 0 Å². The lowest BCUT2D eigenvalue weighted by Crippen LogP contribution is -2.34. The average molecular weight is 365 g/mol. The maximum absolute atomic E-state index is 12.1. The van der Waals surface area contributed by atoms with E-state index in [0.717, 1.165) is 10.8 Å². The molecule has 25 heavy (non-hydrogen) atoms. The fraction of sp³-hybridized carbons (Fsp3) is 0.667. The first-order valence-corrected chi connectivity index (χ1v) is 7.04. The molecule has 0 radical (unpaired) electrons. The summed E-state index contributed by atoms with van der Waals surface area (Å²) in [5.74, 6) is 0. The minimum atomic E-state index is -4.55. The Morgan fingerprint density at radius 1 is 1.52 bits per heavy atom. The molecular formula is C12H14F3N5O5. The summed E-state index contributed by atoms with van der Waals surface area (Å²) in [6.07, 6.45) is -5.28. The zero-order valence-corrected chi connectivity index (χ0v) is 12.6. The van der Waals surface area contributed by atoms with Crippen molar-refractivity contribution in [1.82, 2.24) is 9.55 Å². The van der Waals surface area contributed by atoms with Crippen LogP contribution in [0.15, 0.2) is 20.9 Å². The predicted octanol–water partition coefficient (Wildman–Crippen LogP) is 0.574. The smallest absolute Gasteiger partial charge is 0.394 e. The molecule has 1 aromatic heterocycles. The van der Waals surface area contributed by atoms with Gasteiger partial charge in [0.2, 0.25) is 0 Å². The van der Waals surface area contributed by atoms with Gasteiger partial charge in [-0.1, -0.05) is 5.11 Å². The van der Waals surface area contributed by atoms with Crippen LogP contribution in [0.4, 0.5) is 13.2 Å². The molecule has 0 bridgehead atoms. The highest BCUT2D eigenvalue weighted by atomic mass is 19.4. The number of H-pyrrole nitrogens is 1. The summed E-state index contributed by atoms with van der Waals surface area (Å²) in [5, 5.41) is 12.7. The Morgan fingerprint density at radius 3 is 2.84 bits per heavy atom. The van der Waals surface area contributed by atoms with Gasteiger partial charge < -0.3 is 14.6 Å². The lowest BCUT2D eigenvalue weighted by molar-refractivity contribution is -0.176. The van der Waals surface area contributed by atoms with Gasteiger partial charge in [-0.2, -0.15) is 13.2 Å². The van der Waals surface area contributed by atoms with E-state index in [1.54, 1.807) is 0 Å². The highest BCUT2D eigenvalue weighted by Crippen LogP contribution is 2.29. The Kier molecular flexibility index (Phi) is 5.85. The van der Waals surface area contributed by atoms with Crippen molar-refractivity contribution in [2.24, 2.45) is 5.11 Å². The molecule has 0 unspecified atom stereocenters. The van der Waals surface area contributed by atoms with Gasteiger partial charge in [0.15, 0.2) is 0 Å². The number of ether oxygens (including phenoxy) is 2. The number of aromatic amines is 1. The third-order valence-electron chi connectivity index (χ3n) is 3.46. The van der Waals surface area contributed by atoms with E-state index in [0.29, 0.717) is 0 Å². The average Bonchev–Trinajstić information content (AvgIpc) is 2.91. The van der Waals surface area contributed by atoms with Crippen LogP contribution in [-0.2, 0) is 16.1 Å². The Balaban J connectivity index is 2.21. The molecule has 2 N–H and O–H groups in total. The molecule has 0 aliphatic carbocycles. The number of halogens is 3. The van der Waals surface area contributed by atoms with Crippen LogP contribution >= 0.6 is 0 Å². The van der Waals surface area contributed by atoms with Gasteiger partial charge in [0.05, 0.1) is 30.9 Å². The van der Waals surface area contributed by atoms with E-state index < -0.39 is 55.6 Å². The lowest BCUT2D eigenvalue weighted by Gasteiger charge is -2.15. The molecule has 138 valence electrons. The first-order chi connectivity index (χ1) is 11.7. The topological polar surface area (TPSA) is 142 Å². The summed E-state index contributed by atoms with van der Waals surface area (Å²) in [7, 11) is 0. The standard InChI is InChI=1S/C12H14F3N5O5/c13-12(14,15)5-24-4-6-2-20(11(23)17-10(6)22)9-1-7(18-19-16)8(3-21)25-9/h2,7-9,21H,1,3-5H2,(H,17,22,23)/t7-,8+,9+/m0/s1. The van der Waals surface area contributed by atoms with Gasteiger partial charge in [-0.25, -0.2) is 4.79 Å². The number of aliphatic hydroxyl groups excluding tert-OH is 1. The molecule has 1 aliphatic rings. The molecule has 0 spiro atoms. The number of nitrogens with zero attached hydrogens (tertiary/aromatic N) is 4. The van der Waals surface area contributed by atoms with Crippen LogP contribution < -0.4 is 11.2 Å². The Labute approximate surface area is 137 Å². The quantitative estimate of drug-likeness (QED) is 0.430. The minimum absolute atomic E-state index is 0.0457. The molecule has 1 aromatic rings. The molecule has 1 saturated heterocycles. The van der Waals surface area contributed by atoms with Gasteiger partial charge >= 0.3 is 11.9 Å². The monoisotopic (exact) mass is 365 g/mol. The molecule has 1 fully saturated rings. The van der Waals surface area contributed by atoms with Gasteiger partial charge in [-0.05, 0) is 5.53 Å². The second-order valence-corrected chi connectivity index (χ2v) is 5.25. The third-order valence-corrected chi connectivity index (χ3v) is 3.46. The number of nitrogens with one attached hydrogen (secondary N) is 1. The highest BCUT2D eigenvalue weighted by Gasteiger charge is 2.36. The fourth-order valence-electron chi connectivity index (χ4n) is 2.36. The van der Waals surface area contributed by atoms with Crippen molar-refractivity contribution in [3.8, 4) is 0 Å². The number of hydrogen-bond acceptors (Lipinski definition) is 6. The molecule has 0 aromatic carbocycles. The van der Waals surface area contributed by atoms with E-state index in [9.17, 15) is 27.9 Å². The fourth-order valence-corrected chi connectivity index (χ4v) is 2.36. The summed E-state index contributed by atoms with van der Waals surface area (Å²) in [5.41, 5.74) is 6.55. The van der Waals surface area contributed by atoms with Gasteiger partial charge in [0, 0.05) is 17.5 Å². The molecule has 2 heterocycles. The second-order valence-electron chi connectivity index (χ2n) is 5.25. The number of aliphatic hydroxyl groups is 1. The van der Waals surface area contributed by atoms with Crippen molar-refractivity contribution in [3.05, 3.63) is 43.0 Å². The van der Waals surface area contributed by atoms with Crippen molar-refractivity contribution in [1.29, 1.82) is 0 Å². The van der Waals surface area contributed by atoms with Gasteiger partial charge in [0.1, 0.15) is 12.8 Å². The SMILES string of the molecule is [N-]=[N+]=N[C@H]1C[C@H](n2cc(COCC(F)(F)F)c(=O)[nH]c2=O)O[C@@H]1CO. The largest absolute Gasteiger partial charge is 0.411 e. The molecule has 0 amide bonds. The maximum Gasteiger partial charge on any atom is 0.411 e. The lowest BCUT2D eigenvalue weighted by atomic mass is 10.1. The van der Waals surface area contributed by atoms with Crippen molar-refractivity contribution in [3.63, 3.8) is 0 Å². The Hall–Kier alpha value is -2.34. The molecule has 2 rings (SSSR count). The summed E-state index contributed by atoms with van der Waals surface area (Å²) in [6, 6.07) is -0.733. The van der Waals surface area contributed by atoms with Crippen LogP contribution in [0.25, 0.3) is 10.4 Å². The van der Waals surface area contributed by atoms with Gasteiger partial charge in [-0.15, -0.1) is 0 Å². The van der Waals surface area contributed by atoms with Crippen LogP contribution in [-0.4, -0.2) is 46.2 Å². The van der Waals surface area contributed by atoms with Crippen molar-refractivity contribution in [2.45, 2.75) is 37.6 Å². The maximum atomic E-state index is 12.1. The number of hydrogen-bond donors (Lipinski definition) is 2. The minimum Gasteiger partial charge on any atom is -0.394 e. The van der Waals surface area contributed by atoms with Gasteiger partial charge in [-0.3, -0.25) is 14.3 Å². The molecule has 3 atom stereocenters.